The van der Waals surface area contributed by atoms with E-state index in [0.29, 0.717) is 16.7 Å². The highest BCUT2D eigenvalue weighted by atomic mass is 16.3. The summed E-state index contributed by atoms with van der Waals surface area (Å²) in [7, 11) is 0. The summed E-state index contributed by atoms with van der Waals surface area (Å²) in [6, 6.07) is 0. The van der Waals surface area contributed by atoms with Crippen molar-refractivity contribution in [2.75, 3.05) is 0 Å². The summed E-state index contributed by atoms with van der Waals surface area (Å²) in [6.45, 7) is 15.1. The molecule has 0 aromatic carbocycles. The van der Waals surface area contributed by atoms with Gasteiger partial charge < -0.3 is 5.11 Å². The van der Waals surface area contributed by atoms with Crippen LogP contribution in [0.25, 0.3) is 0 Å². The summed E-state index contributed by atoms with van der Waals surface area (Å²) in [5.41, 5.74) is 1.12. The Labute approximate surface area is 188 Å². The minimum absolute atomic E-state index is 0.0268. The van der Waals surface area contributed by atoms with Crippen LogP contribution in [0.15, 0.2) is 0 Å². The minimum atomic E-state index is -0.0268. The van der Waals surface area contributed by atoms with Gasteiger partial charge in [0.1, 0.15) is 0 Å². The molecule has 1 heteroatoms. The monoisotopic (exact) mass is 416 g/mol. The van der Waals surface area contributed by atoms with Gasteiger partial charge in [-0.05, 0) is 110 Å². The highest BCUT2D eigenvalue weighted by Crippen LogP contribution is 2.69. The van der Waals surface area contributed by atoms with Crippen molar-refractivity contribution in [1.29, 1.82) is 0 Å². The second-order valence-electron chi connectivity index (χ2n) is 13.3. The van der Waals surface area contributed by atoms with E-state index < -0.39 is 0 Å². The zero-order chi connectivity index (χ0) is 21.7. The number of hydrogen-bond donors (Lipinski definition) is 1. The number of fused-ring (bicyclic) bond motifs is 5. The Morgan fingerprint density at radius 1 is 0.800 bits per heavy atom. The summed E-state index contributed by atoms with van der Waals surface area (Å²) in [5.74, 6) is 6.99. The summed E-state index contributed by atoms with van der Waals surface area (Å²) in [6.07, 6.45) is 16.6. The van der Waals surface area contributed by atoms with Gasteiger partial charge in [0.2, 0.25) is 0 Å². The summed E-state index contributed by atoms with van der Waals surface area (Å²) >= 11 is 0. The first-order chi connectivity index (χ1) is 14.2. The van der Waals surface area contributed by atoms with Crippen LogP contribution in [-0.2, 0) is 0 Å². The third-order valence-corrected chi connectivity index (χ3v) is 11.6. The van der Waals surface area contributed by atoms with E-state index in [2.05, 4.69) is 41.5 Å². The Balaban J connectivity index is 1.48. The molecule has 0 radical (unpaired) electrons. The number of hydrogen-bond acceptors (Lipinski definition) is 1. The molecule has 0 aliphatic heterocycles. The maximum Gasteiger partial charge on any atom is 0.0571 e. The molecule has 0 bridgehead atoms. The quantitative estimate of drug-likeness (QED) is 0.463. The van der Waals surface area contributed by atoms with Crippen LogP contribution >= 0.6 is 0 Å². The van der Waals surface area contributed by atoms with Gasteiger partial charge in [0.05, 0.1) is 6.10 Å². The van der Waals surface area contributed by atoms with Gasteiger partial charge in [0.15, 0.2) is 0 Å². The van der Waals surface area contributed by atoms with E-state index in [0.717, 1.165) is 47.8 Å². The van der Waals surface area contributed by atoms with Crippen LogP contribution < -0.4 is 0 Å². The minimum Gasteiger partial charge on any atom is -0.393 e. The maximum atomic E-state index is 10.7. The SMILES string of the molecule is CC[C@@H]1[C@@H](O)CC[C@@]2(C)[C@H]1CC[C@@H]1[C@@H]2CC[C@]2(C)[C@@H]([C@H](C)CCCC(C)C)CC[C@@H]12. The van der Waals surface area contributed by atoms with Crippen molar-refractivity contribution < 1.29 is 5.11 Å². The van der Waals surface area contributed by atoms with Gasteiger partial charge in [0.25, 0.3) is 0 Å². The smallest absolute Gasteiger partial charge is 0.0571 e. The van der Waals surface area contributed by atoms with Gasteiger partial charge >= 0.3 is 0 Å². The molecule has 0 aromatic rings. The van der Waals surface area contributed by atoms with Gasteiger partial charge in [-0.2, -0.15) is 0 Å². The topological polar surface area (TPSA) is 20.2 Å². The maximum absolute atomic E-state index is 10.7. The molecule has 0 amide bonds. The molecule has 1 N–H and O–H groups in total. The lowest BCUT2D eigenvalue weighted by molar-refractivity contribution is -0.153. The van der Waals surface area contributed by atoms with Crippen LogP contribution in [0.5, 0.6) is 0 Å². The van der Waals surface area contributed by atoms with E-state index in [1.165, 1.54) is 70.6 Å². The van der Waals surface area contributed by atoms with Crippen LogP contribution in [0.1, 0.15) is 119 Å². The Hall–Kier alpha value is -0.0400. The van der Waals surface area contributed by atoms with E-state index in [9.17, 15) is 5.11 Å². The third kappa shape index (κ3) is 3.72. The van der Waals surface area contributed by atoms with Gasteiger partial charge in [-0.25, -0.2) is 0 Å². The molecule has 4 saturated carbocycles. The van der Waals surface area contributed by atoms with Crippen molar-refractivity contribution in [2.24, 2.45) is 58.2 Å². The fourth-order valence-corrected chi connectivity index (χ4v) is 10.1. The van der Waals surface area contributed by atoms with Gasteiger partial charge in [0, 0.05) is 0 Å². The molecule has 30 heavy (non-hydrogen) atoms. The second-order valence-corrected chi connectivity index (χ2v) is 13.3. The van der Waals surface area contributed by atoms with Crippen LogP contribution in [-0.4, -0.2) is 11.2 Å². The Bertz CT molecular complexity index is 583. The Morgan fingerprint density at radius 2 is 1.47 bits per heavy atom. The standard InChI is InChI=1S/C29H52O/c1-7-21-24-12-11-22-25-14-13-23(20(4)10-8-9-19(2)3)28(25,5)17-15-26(22)29(24,6)18-16-27(21)30/h19-27,30H,7-18H2,1-6H3/t20-,21+,22+,23-,24+,25+,26+,27+,28-,29+/m1/s1. The molecule has 174 valence electrons. The third-order valence-electron chi connectivity index (χ3n) is 11.6. The number of rotatable bonds is 6. The highest BCUT2D eigenvalue weighted by molar-refractivity contribution is 5.10. The summed E-state index contributed by atoms with van der Waals surface area (Å²) < 4.78 is 0. The van der Waals surface area contributed by atoms with Crippen LogP contribution in [0, 0.1) is 58.2 Å². The molecule has 4 aliphatic rings. The number of aliphatic hydroxyl groups is 1. The molecule has 1 nitrogen and oxygen atoms in total. The van der Waals surface area contributed by atoms with Gasteiger partial charge in [-0.3, -0.25) is 0 Å². The molecule has 0 saturated heterocycles. The molecule has 10 atom stereocenters. The van der Waals surface area contributed by atoms with Gasteiger partial charge in [-0.1, -0.05) is 67.2 Å². The fraction of sp³-hybridized carbons (Fsp3) is 1.00. The molecule has 0 unspecified atom stereocenters. The molecule has 0 aromatic heterocycles. The Morgan fingerprint density at radius 3 is 2.17 bits per heavy atom. The predicted molar refractivity (Wildman–Crippen MR) is 128 cm³/mol. The molecule has 4 aliphatic carbocycles. The molecular weight excluding hydrogens is 364 g/mol. The van der Waals surface area contributed by atoms with E-state index in [1.807, 2.05) is 0 Å². The van der Waals surface area contributed by atoms with Crippen molar-refractivity contribution in [3.05, 3.63) is 0 Å². The summed E-state index contributed by atoms with van der Waals surface area (Å²) in [4.78, 5) is 0. The van der Waals surface area contributed by atoms with Crippen molar-refractivity contribution in [1.82, 2.24) is 0 Å². The van der Waals surface area contributed by atoms with Crippen LogP contribution in [0.3, 0.4) is 0 Å². The first-order valence-corrected chi connectivity index (χ1v) is 13.9. The van der Waals surface area contributed by atoms with Crippen LogP contribution in [0.4, 0.5) is 0 Å². The average molecular weight is 417 g/mol. The summed E-state index contributed by atoms with van der Waals surface area (Å²) in [5, 5.41) is 10.7. The average Bonchev–Trinajstić information content (AvgIpc) is 3.05. The number of aliphatic hydroxyl groups excluding tert-OH is 1. The van der Waals surface area contributed by atoms with E-state index >= 15 is 0 Å². The van der Waals surface area contributed by atoms with Gasteiger partial charge in [-0.15, -0.1) is 0 Å². The predicted octanol–water partition coefficient (Wildman–Crippen LogP) is 8.10. The van der Waals surface area contributed by atoms with Crippen LogP contribution in [0.2, 0.25) is 0 Å². The van der Waals surface area contributed by atoms with E-state index in [4.69, 9.17) is 0 Å². The zero-order valence-corrected chi connectivity index (χ0v) is 21.1. The van der Waals surface area contributed by atoms with Crippen molar-refractivity contribution in [2.45, 2.75) is 125 Å². The van der Waals surface area contributed by atoms with E-state index in [1.54, 1.807) is 0 Å². The highest BCUT2D eigenvalue weighted by Gasteiger charge is 2.61. The molecule has 4 fully saturated rings. The lowest BCUT2D eigenvalue weighted by Gasteiger charge is -2.62. The molecule has 4 rings (SSSR count). The zero-order valence-electron chi connectivity index (χ0n) is 21.1. The molecular formula is C29H52O. The Kier molecular flexibility index (Phi) is 6.72. The lowest BCUT2D eigenvalue weighted by atomic mass is 9.43. The lowest BCUT2D eigenvalue weighted by Crippen LogP contribution is -2.56. The molecule has 0 spiro atoms. The van der Waals surface area contributed by atoms with Crippen molar-refractivity contribution in [3.8, 4) is 0 Å². The van der Waals surface area contributed by atoms with Crippen molar-refractivity contribution >= 4 is 0 Å². The van der Waals surface area contributed by atoms with E-state index in [-0.39, 0.29) is 6.10 Å². The second kappa shape index (κ2) is 8.72. The largest absolute Gasteiger partial charge is 0.393 e. The molecule has 0 heterocycles. The fourth-order valence-electron chi connectivity index (χ4n) is 10.1. The van der Waals surface area contributed by atoms with Crippen molar-refractivity contribution in [3.63, 3.8) is 0 Å². The first-order valence-electron chi connectivity index (χ1n) is 13.9. The first kappa shape index (κ1) is 23.1. The normalized spacial score (nSPS) is 49.4.